The van der Waals surface area contributed by atoms with Gasteiger partial charge >= 0.3 is 0 Å². The third-order valence-corrected chi connectivity index (χ3v) is 3.71. The maximum absolute atomic E-state index is 11.2. The van der Waals surface area contributed by atoms with Gasteiger partial charge in [0.25, 0.3) is 0 Å². The lowest BCUT2D eigenvalue weighted by Crippen LogP contribution is -2.23. The SMILES string of the molecule is COc1ccc(CNCC2CC=CCC2)cc1NC(C)=O. The standard InChI is InChI=1S/C17H24N2O2/c1-13(20)19-16-10-15(8-9-17(16)21-2)12-18-11-14-6-4-3-5-7-14/h3-4,8-10,14,18H,5-7,11-12H2,1-2H3,(H,19,20). The summed E-state index contributed by atoms with van der Waals surface area (Å²) < 4.78 is 5.26. The highest BCUT2D eigenvalue weighted by Gasteiger charge is 2.10. The lowest BCUT2D eigenvalue weighted by atomic mass is 9.94. The maximum Gasteiger partial charge on any atom is 0.221 e. The van der Waals surface area contributed by atoms with Crippen LogP contribution in [0.1, 0.15) is 31.7 Å². The monoisotopic (exact) mass is 288 g/mol. The van der Waals surface area contributed by atoms with Gasteiger partial charge in [-0.15, -0.1) is 0 Å². The highest BCUT2D eigenvalue weighted by atomic mass is 16.5. The van der Waals surface area contributed by atoms with Crippen LogP contribution in [0.15, 0.2) is 30.4 Å². The van der Waals surface area contributed by atoms with Crippen LogP contribution in [0, 0.1) is 5.92 Å². The van der Waals surface area contributed by atoms with Crippen molar-refractivity contribution in [1.82, 2.24) is 5.32 Å². The molecule has 2 rings (SSSR count). The summed E-state index contributed by atoms with van der Waals surface area (Å²) in [6, 6.07) is 5.89. The van der Waals surface area contributed by atoms with Crippen LogP contribution in [-0.2, 0) is 11.3 Å². The smallest absolute Gasteiger partial charge is 0.221 e. The van der Waals surface area contributed by atoms with Gasteiger partial charge in [-0.25, -0.2) is 0 Å². The van der Waals surface area contributed by atoms with Crippen molar-refractivity contribution in [2.24, 2.45) is 5.92 Å². The number of amides is 1. The summed E-state index contributed by atoms with van der Waals surface area (Å²) in [5, 5.41) is 6.31. The van der Waals surface area contributed by atoms with Crippen LogP contribution in [0.5, 0.6) is 5.75 Å². The molecule has 1 aromatic carbocycles. The zero-order chi connectivity index (χ0) is 15.1. The zero-order valence-corrected chi connectivity index (χ0v) is 12.8. The summed E-state index contributed by atoms with van der Waals surface area (Å²) in [6.45, 7) is 3.34. The predicted octanol–water partition coefficient (Wildman–Crippen LogP) is 3.10. The molecular formula is C17H24N2O2. The van der Waals surface area contributed by atoms with E-state index in [-0.39, 0.29) is 5.91 Å². The normalized spacial score (nSPS) is 17.5. The van der Waals surface area contributed by atoms with Gasteiger partial charge in [0, 0.05) is 13.5 Å². The first-order valence-corrected chi connectivity index (χ1v) is 7.49. The summed E-state index contributed by atoms with van der Waals surface area (Å²) in [5.74, 6) is 1.34. The van der Waals surface area contributed by atoms with Gasteiger partial charge in [0.05, 0.1) is 12.8 Å². The van der Waals surface area contributed by atoms with Crippen LogP contribution in [0.4, 0.5) is 5.69 Å². The first-order valence-electron chi connectivity index (χ1n) is 7.49. The Morgan fingerprint density at radius 1 is 1.38 bits per heavy atom. The number of methoxy groups -OCH3 is 1. The lowest BCUT2D eigenvalue weighted by molar-refractivity contribution is -0.114. The molecule has 114 valence electrons. The Balaban J connectivity index is 1.90. The van der Waals surface area contributed by atoms with E-state index in [0.29, 0.717) is 5.75 Å². The number of carbonyl (C=O) groups is 1. The molecule has 4 nitrogen and oxygen atoms in total. The third-order valence-electron chi connectivity index (χ3n) is 3.71. The van der Waals surface area contributed by atoms with E-state index in [1.807, 2.05) is 18.2 Å². The summed E-state index contributed by atoms with van der Waals surface area (Å²) in [6.07, 6.45) is 8.18. The Morgan fingerprint density at radius 3 is 2.90 bits per heavy atom. The van der Waals surface area contributed by atoms with Gasteiger partial charge in [-0.3, -0.25) is 4.79 Å². The highest BCUT2D eigenvalue weighted by Crippen LogP contribution is 2.25. The molecule has 1 aromatic rings. The van der Waals surface area contributed by atoms with Gasteiger partial charge in [0.1, 0.15) is 5.75 Å². The number of nitrogens with one attached hydrogen (secondary N) is 2. The molecular weight excluding hydrogens is 264 g/mol. The van der Waals surface area contributed by atoms with Crippen LogP contribution in [-0.4, -0.2) is 19.6 Å². The summed E-state index contributed by atoms with van der Waals surface area (Å²) in [5.41, 5.74) is 1.87. The quantitative estimate of drug-likeness (QED) is 0.791. The Labute approximate surface area is 126 Å². The first-order chi connectivity index (χ1) is 10.2. The molecule has 0 fully saturated rings. The molecule has 1 aliphatic carbocycles. The van der Waals surface area contributed by atoms with E-state index in [4.69, 9.17) is 4.74 Å². The van der Waals surface area contributed by atoms with E-state index in [0.717, 1.165) is 30.3 Å². The van der Waals surface area contributed by atoms with Gasteiger partial charge in [0.2, 0.25) is 5.91 Å². The van der Waals surface area contributed by atoms with E-state index in [1.54, 1.807) is 7.11 Å². The maximum atomic E-state index is 11.2. The molecule has 0 saturated heterocycles. The minimum atomic E-state index is -0.0904. The van der Waals surface area contributed by atoms with Crippen molar-refractivity contribution in [3.63, 3.8) is 0 Å². The third kappa shape index (κ3) is 4.90. The molecule has 0 saturated carbocycles. The number of anilines is 1. The Kier molecular flexibility index (Phi) is 5.81. The van der Waals surface area contributed by atoms with Gasteiger partial charge in [-0.1, -0.05) is 18.2 Å². The summed E-state index contributed by atoms with van der Waals surface area (Å²) in [4.78, 5) is 11.2. The topological polar surface area (TPSA) is 50.4 Å². The van der Waals surface area contributed by atoms with Crippen molar-refractivity contribution in [3.05, 3.63) is 35.9 Å². The van der Waals surface area contributed by atoms with E-state index in [9.17, 15) is 4.79 Å². The average molecular weight is 288 g/mol. The molecule has 0 radical (unpaired) electrons. The number of hydrogen-bond donors (Lipinski definition) is 2. The second-order valence-electron chi connectivity index (χ2n) is 5.50. The van der Waals surface area contributed by atoms with Crippen molar-refractivity contribution in [3.8, 4) is 5.75 Å². The van der Waals surface area contributed by atoms with Crippen LogP contribution in [0.25, 0.3) is 0 Å². The number of allylic oxidation sites excluding steroid dienone is 2. The van der Waals surface area contributed by atoms with Gasteiger partial charge in [-0.2, -0.15) is 0 Å². The Morgan fingerprint density at radius 2 is 2.24 bits per heavy atom. The molecule has 2 N–H and O–H groups in total. The zero-order valence-electron chi connectivity index (χ0n) is 12.8. The number of carbonyl (C=O) groups excluding carboxylic acids is 1. The minimum absolute atomic E-state index is 0.0904. The van der Waals surface area contributed by atoms with Crippen LogP contribution < -0.4 is 15.4 Å². The number of hydrogen-bond acceptors (Lipinski definition) is 3. The van der Waals surface area contributed by atoms with Crippen molar-refractivity contribution in [1.29, 1.82) is 0 Å². The minimum Gasteiger partial charge on any atom is -0.495 e. The van der Waals surface area contributed by atoms with Gasteiger partial charge < -0.3 is 15.4 Å². The second-order valence-corrected chi connectivity index (χ2v) is 5.50. The number of rotatable bonds is 6. The number of ether oxygens (including phenoxy) is 1. The molecule has 4 heteroatoms. The molecule has 0 aliphatic heterocycles. The van der Waals surface area contributed by atoms with Crippen molar-refractivity contribution in [2.75, 3.05) is 19.0 Å². The molecule has 0 aromatic heterocycles. The molecule has 1 atom stereocenters. The van der Waals surface area contributed by atoms with Crippen molar-refractivity contribution >= 4 is 11.6 Å². The largest absolute Gasteiger partial charge is 0.495 e. The first kappa shape index (κ1) is 15.6. The molecule has 0 spiro atoms. The fraction of sp³-hybridized carbons (Fsp3) is 0.471. The van der Waals surface area contributed by atoms with Crippen LogP contribution >= 0.6 is 0 Å². The summed E-state index contributed by atoms with van der Waals surface area (Å²) >= 11 is 0. The molecule has 1 aliphatic rings. The molecule has 21 heavy (non-hydrogen) atoms. The molecule has 1 amide bonds. The van der Waals surface area contributed by atoms with E-state index >= 15 is 0 Å². The second kappa shape index (κ2) is 7.84. The lowest BCUT2D eigenvalue weighted by Gasteiger charge is -2.18. The van der Waals surface area contributed by atoms with E-state index < -0.39 is 0 Å². The van der Waals surface area contributed by atoms with Crippen LogP contribution in [0.2, 0.25) is 0 Å². The molecule has 0 bridgehead atoms. The van der Waals surface area contributed by atoms with Crippen molar-refractivity contribution in [2.45, 2.75) is 32.7 Å². The van der Waals surface area contributed by atoms with Gasteiger partial charge in [0.15, 0.2) is 0 Å². The number of benzene rings is 1. The van der Waals surface area contributed by atoms with Crippen molar-refractivity contribution < 1.29 is 9.53 Å². The Hall–Kier alpha value is -1.81. The Bertz CT molecular complexity index is 512. The molecule has 1 unspecified atom stereocenters. The highest BCUT2D eigenvalue weighted by molar-refractivity contribution is 5.90. The van der Waals surface area contributed by atoms with E-state index in [1.165, 1.54) is 26.2 Å². The summed E-state index contributed by atoms with van der Waals surface area (Å²) in [7, 11) is 1.61. The van der Waals surface area contributed by atoms with Gasteiger partial charge in [-0.05, 0) is 49.4 Å². The predicted molar refractivity (Wildman–Crippen MR) is 85.5 cm³/mol. The van der Waals surface area contributed by atoms with Crippen LogP contribution in [0.3, 0.4) is 0 Å². The van der Waals surface area contributed by atoms with E-state index in [2.05, 4.69) is 22.8 Å². The molecule has 0 heterocycles. The average Bonchev–Trinajstić information content (AvgIpc) is 2.48. The fourth-order valence-corrected chi connectivity index (χ4v) is 2.61. The fourth-order valence-electron chi connectivity index (χ4n) is 2.61.